The summed E-state index contributed by atoms with van der Waals surface area (Å²) in [5.41, 5.74) is 6.34. The lowest BCUT2D eigenvalue weighted by Crippen LogP contribution is -2.27. The zero-order chi connectivity index (χ0) is 16.8. The Hall–Kier alpha value is -1.52. The molecule has 9 heteroatoms. The molecule has 0 aromatic heterocycles. The highest BCUT2D eigenvalue weighted by Gasteiger charge is 2.17. The molecule has 0 amide bonds. The van der Waals surface area contributed by atoms with Crippen molar-refractivity contribution in [1.82, 2.24) is 0 Å². The lowest BCUT2D eigenvalue weighted by atomic mass is 10.1. The molecule has 0 fully saturated rings. The summed E-state index contributed by atoms with van der Waals surface area (Å²) in [6.45, 7) is 0. The van der Waals surface area contributed by atoms with E-state index in [1.54, 1.807) is 12.1 Å². The van der Waals surface area contributed by atoms with E-state index in [4.69, 9.17) is 15.2 Å². The molecule has 3 N–H and O–H groups in total. The molecule has 2 atom stereocenters. The van der Waals surface area contributed by atoms with E-state index in [-0.39, 0.29) is 12.2 Å². The minimum absolute atomic E-state index is 0.239. The molecular formula is C13H19NO7S. The van der Waals surface area contributed by atoms with Crippen LogP contribution < -0.4 is 10.5 Å². The summed E-state index contributed by atoms with van der Waals surface area (Å²) in [7, 11) is -1.34. The van der Waals surface area contributed by atoms with Gasteiger partial charge in [-0.25, -0.2) is 0 Å². The highest BCUT2D eigenvalue weighted by Crippen LogP contribution is 2.19. The lowest BCUT2D eigenvalue weighted by molar-refractivity contribution is -0.133. The molecule has 2 unspecified atom stereocenters. The number of methoxy groups -OCH3 is 1. The number of carbonyl (C=O) groups is 1. The maximum absolute atomic E-state index is 11.5. The van der Waals surface area contributed by atoms with Gasteiger partial charge in [0.2, 0.25) is 0 Å². The van der Waals surface area contributed by atoms with Crippen LogP contribution in [0.5, 0.6) is 5.75 Å². The van der Waals surface area contributed by atoms with E-state index >= 15 is 0 Å². The van der Waals surface area contributed by atoms with E-state index < -0.39 is 34.2 Å². The van der Waals surface area contributed by atoms with Crippen LogP contribution in [0.25, 0.3) is 0 Å². The quantitative estimate of drug-likeness (QED) is 0.293. The molecule has 0 saturated heterocycles. The van der Waals surface area contributed by atoms with E-state index in [1.807, 2.05) is 0 Å². The molecule has 0 aliphatic carbocycles. The van der Waals surface area contributed by atoms with Crippen LogP contribution in [0.2, 0.25) is 0 Å². The fourth-order valence-electron chi connectivity index (χ4n) is 1.54. The van der Waals surface area contributed by atoms with Crippen molar-refractivity contribution >= 4 is 16.1 Å². The van der Waals surface area contributed by atoms with Gasteiger partial charge >= 0.3 is 5.97 Å². The number of benzene rings is 1. The summed E-state index contributed by atoms with van der Waals surface area (Å²) in [5, 5.41) is 9.46. The molecule has 0 heterocycles. The van der Waals surface area contributed by atoms with E-state index in [0.717, 1.165) is 7.11 Å². The third-order valence-electron chi connectivity index (χ3n) is 2.86. The van der Waals surface area contributed by atoms with Crippen molar-refractivity contribution in [2.45, 2.75) is 18.8 Å². The van der Waals surface area contributed by atoms with Gasteiger partial charge in [0, 0.05) is 7.11 Å². The Kier molecular flexibility index (Phi) is 6.91. The van der Waals surface area contributed by atoms with Gasteiger partial charge in [0.1, 0.15) is 5.75 Å². The second-order valence-corrected chi connectivity index (χ2v) is 6.23. The summed E-state index contributed by atoms with van der Waals surface area (Å²) < 4.78 is 36.1. The molecule has 1 aromatic carbocycles. The molecule has 0 spiro atoms. The molecule has 124 valence electrons. The summed E-state index contributed by atoms with van der Waals surface area (Å²) in [6, 6.07) is 5.38. The molecule has 22 heavy (non-hydrogen) atoms. The highest BCUT2D eigenvalue weighted by molar-refractivity contribution is 7.86. The third kappa shape index (κ3) is 5.70. The summed E-state index contributed by atoms with van der Waals surface area (Å²) >= 11 is 0. The summed E-state index contributed by atoms with van der Waals surface area (Å²) in [5.74, 6) is -0.914. The second-order valence-electron chi connectivity index (χ2n) is 4.37. The molecule has 0 aliphatic heterocycles. The van der Waals surface area contributed by atoms with Crippen LogP contribution in [-0.2, 0) is 23.8 Å². The monoisotopic (exact) mass is 333 g/mol. The van der Waals surface area contributed by atoms with Crippen molar-refractivity contribution in [3.05, 3.63) is 29.8 Å². The largest absolute Gasteiger partial charge is 0.427 e. The lowest BCUT2D eigenvalue weighted by Gasteiger charge is -2.17. The molecule has 8 nitrogen and oxygen atoms in total. The Morgan fingerprint density at radius 2 is 1.86 bits per heavy atom. The maximum Gasteiger partial charge on any atom is 0.312 e. The van der Waals surface area contributed by atoms with Crippen LogP contribution in [0, 0.1) is 0 Å². The van der Waals surface area contributed by atoms with Crippen molar-refractivity contribution in [3.63, 3.8) is 0 Å². The number of aliphatic hydroxyl groups excluding tert-OH is 1. The van der Waals surface area contributed by atoms with E-state index in [2.05, 4.69) is 4.18 Å². The van der Waals surface area contributed by atoms with Gasteiger partial charge in [-0.2, -0.15) is 8.42 Å². The topological polar surface area (TPSA) is 125 Å². The average molecular weight is 333 g/mol. The summed E-state index contributed by atoms with van der Waals surface area (Å²) in [4.78, 5) is 11.5. The fraction of sp³-hybridized carbons (Fsp3) is 0.462. The summed E-state index contributed by atoms with van der Waals surface area (Å²) in [6.07, 6.45) is -1.47. The van der Waals surface area contributed by atoms with Crippen LogP contribution in [0.1, 0.15) is 18.0 Å². The van der Waals surface area contributed by atoms with Gasteiger partial charge in [-0.1, -0.05) is 12.1 Å². The van der Waals surface area contributed by atoms with Crippen molar-refractivity contribution < 1.29 is 32.0 Å². The van der Waals surface area contributed by atoms with Crippen LogP contribution in [-0.4, -0.2) is 45.8 Å². The van der Waals surface area contributed by atoms with Gasteiger partial charge in [-0.15, -0.1) is 0 Å². The molecule has 0 saturated carbocycles. The Morgan fingerprint density at radius 1 is 1.27 bits per heavy atom. The zero-order valence-electron chi connectivity index (χ0n) is 12.3. The standard InChI is InChI=1S/C13H19NO7S/c1-19-13(16)12(14)9-3-5-10(6-4-9)21-11(15)7-8-22(17,18)20-2/h3-6,12-13,16H,7-8,14H2,1-2H3. The molecule has 1 aromatic rings. The van der Waals surface area contributed by atoms with Gasteiger partial charge in [0.05, 0.1) is 25.3 Å². The van der Waals surface area contributed by atoms with Gasteiger partial charge < -0.3 is 20.3 Å². The number of carbonyl (C=O) groups excluding carboxylic acids is 1. The number of ether oxygens (including phenoxy) is 2. The van der Waals surface area contributed by atoms with E-state index in [9.17, 15) is 18.3 Å². The van der Waals surface area contributed by atoms with Crippen molar-refractivity contribution in [2.75, 3.05) is 20.0 Å². The number of esters is 1. The van der Waals surface area contributed by atoms with Gasteiger partial charge in [0.15, 0.2) is 6.29 Å². The maximum atomic E-state index is 11.5. The Labute approximate surface area is 128 Å². The molecule has 0 radical (unpaired) electrons. The first-order valence-electron chi connectivity index (χ1n) is 6.34. The van der Waals surface area contributed by atoms with Gasteiger partial charge in [-0.05, 0) is 17.7 Å². The first kappa shape index (κ1) is 18.5. The minimum Gasteiger partial charge on any atom is -0.427 e. The third-order valence-corrected chi connectivity index (χ3v) is 4.07. The van der Waals surface area contributed by atoms with Crippen LogP contribution in [0.4, 0.5) is 0 Å². The first-order chi connectivity index (χ1) is 10.3. The van der Waals surface area contributed by atoms with Crippen molar-refractivity contribution in [3.8, 4) is 5.75 Å². The number of nitrogens with two attached hydrogens (primary N) is 1. The average Bonchev–Trinajstić information content (AvgIpc) is 2.52. The fourth-order valence-corrected chi connectivity index (χ4v) is 2.13. The van der Waals surface area contributed by atoms with E-state index in [1.165, 1.54) is 19.2 Å². The van der Waals surface area contributed by atoms with Gasteiger partial charge in [-0.3, -0.25) is 8.98 Å². The highest BCUT2D eigenvalue weighted by atomic mass is 32.2. The molecular weight excluding hydrogens is 314 g/mol. The predicted molar refractivity (Wildman–Crippen MR) is 77.4 cm³/mol. The zero-order valence-corrected chi connectivity index (χ0v) is 13.1. The molecule has 0 bridgehead atoms. The van der Waals surface area contributed by atoms with Gasteiger partial charge in [0.25, 0.3) is 10.1 Å². The van der Waals surface area contributed by atoms with Crippen LogP contribution in [0.3, 0.4) is 0 Å². The van der Waals surface area contributed by atoms with Crippen LogP contribution in [0.15, 0.2) is 24.3 Å². The SMILES string of the molecule is COC(O)C(N)c1ccc(OC(=O)CCS(=O)(=O)OC)cc1. The van der Waals surface area contributed by atoms with Crippen molar-refractivity contribution in [1.29, 1.82) is 0 Å². The minimum atomic E-state index is -3.70. The number of hydrogen-bond acceptors (Lipinski definition) is 8. The second kappa shape index (κ2) is 8.20. The smallest absolute Gasteiger partial charge is 0.312 e. The van der Waals surface area contributed by atoms with Crippen LogP contribution >= 0.6 is 0 Å². The first-order valence-corrected chi connectivity index (χ1v) is 7.92. The van der Waals surface area contributed by atoms with Crippen molar-refractivity contribution in [2.24, 2.45) is 5.73 Å². The Morgan fingerprint density at radius 3 is 2.36 bits per heavy atom. The normalized spacial score (nSPS) is 14.4. The number of hydrogen-bond donors (Lipinski definition) is 2. The number of aliphatic hydroxyl groups is 1. The molecule has 0 aliphatic rings. The molecule has 1 rings (SSSR count). The Balaban J connectivity index is 2.59. The number of rotatable bonds is 8. The Bertz CT molecular complexity index is 585. The predicted octanol–water partition coefficient (Wildman–Crippen LogP) is -0.0771. The van der Waals surface area contributed by atoms with E-state index in [0.29, 0.717) is 5.56 Å².